The Labute approximate surface area is 91.9 Å². The maximum absolute atomic E-state index is 5.53. The van der Waals surface area contributed by atoms with E-state index in [9.17, 15) is 0 Å². The van der Waals surface area contributed by atoms with Crippen molar-refractivity contribution in [3.63, 3.8) is 0 Å². The Hall–Kier alpha value is -0.330. The summed E-state index contributed by atoms with van der Waals surface area (Å²) < 4.78 is 0. The second kappa shape index (κ2) is 4.46. The summed E-state index contributed by atoms with van der Waals surface area (Å²) in [7, 11) is 2.15. The number of rotatable bonds is 3. The van der Waals surface area contributed by atoms with Crippen LogP contribution in [0, 0.1) is 0 Å². The van der Waals surface area contributed by atoms with Gasteiger partial charge < -0.3 is 5.73 Å². The van der Waals surface area contributed by atoms with E-state index >= 15 is 0 Å². The van der Waals surface area contributed by atoms with Gasteiger partial charge in [-0.2, -0.15) is 11.8 Å². The summed E-state index contributed by atoms with van der Waals surface area (Å²) in [5.41, 5.74) is 5.53. The van der Waals surface area contributed by atoms with Crippen LogP contribution in [0.1, 0.15) is 11.4 Å². The van der Waals surface area contributed by atoms with Crippen LogP contribution in [-0.4, -0.2) is 39.7 Å². The minimum absolute atomic E-state index is 0.564. The highest BCUT2D eigenvalue weighted by molar-refractivity contribution is 7.99. The van der Waals surface area contributed by atoms with Crippen molar-refractivity contribution in [3.05, 3.63) is 5.01 Å². The monoisotopic (exact) mass is 230 g/mol. The summed E-state index contributed by atoms with van der Waals surface area (Å²) in [5, 5.41) is 9.41. The summed E-state index contributed by atoms with van der Waals surface area (Å²) in [5.74, 6) is 2.53. The van der Waals surface area contributed by atoms with Gasteiger partial charge in [0.25, 0.3) is 0 Å². The third kappa shape index (κ3) is 2.37. The number of nitrogens with zero attached hydrogens (tertiary/aromatic N) is 3. The molecule has 6 heteroatoms. The molecule has 1 unspecified atom stereocenters. The molecule has 0 radical (unpaired) electrons. The van der Waals surface area contributed by atoms with Crippen LogP contribution in [0.4, 0.5) is 5.13 Å². The number of hydrogen-bond donors (Lipinski definition) is 1. The fourth-order valence-corrected chi connectivity index (χ4v) is 3.51. The molecular weight excluding hydrogens is 216 g/mol. The lowest BCUT2D eigenvalue weighted by Gasteiger charge is -2.21. The Balaban J connectivity index is 1.90. The van der Waals surface area contributed by atoms with E-state index < -0.39 is 0 Å². The molecular formula is C8H14N4S2. The largest absolute Gasteiger partial charge is 0.374 e. The van der Waals surface area contributed by atoms with Crippen LogP contribution in [0.15, 0.2) is 0 Å². The quantitative estimate of drug-likeness (QED) is 0.841. The second-order valence-corrected chi connectivity index (χ2v) is 5.71. The maximum Gasteiger partial charge on any atom is 0.203 e. The van der Waals surface area contributed by atoms with Crippen LogP contribution >= 0.6 is 23.1 Å². The predicted octanol–water partition coefficient (Wildman–Crippen LogP) is 1.06. The molecule has 2 heterocycles. The van der Waals surface area contributed by atoms with Gasteiger partial charge in [-0.1, -0.05) is 11.3 Å². The third-order valence-electron chi connectivity index (χ3n) is 2.40. The van der Waals surface area contributed by atoms with E-state index in [1.54, 1.807) is 0 Å². The van der Waals surface area contributed by atoms with Gasteiger partial charge in [0, 0.05) is 11.8 Å². The van der Waals surface area contributed by atoms with Crippen LogP contribution in [0.3, 0.4) is 0 Å². The summed E-state index contributed by atoms with van der Waals surface area (Å²) in [6, 6.07) is 0.699. The fraction of sp³-hybridized carbons (Fsp3) is 0.750. The van der Waals surface area contributed by atoms with Gasteiger partial charge in [0.15, 0.2) is 0 Å². The van der Waals surface area contributed by atoms with E-state index in [1.165, 1.54) is 29.3 Å². The first-order valence-electron chi connectivity index (χ1n) is 4.61. The molecule has 0 saturated carbocycles. The zero-order valence-electron chi connectivity index (χ0n) is 8.14. The Morgan fingerprint density at radius 3 is 3.00 bits per heavy atom. The molecule has 1 atom stereocenters. The molecule has 0 amide bonds. The van der Waals surface area contributed by atoms with Crippen LogP contribution in [0.25, 0.3) is 0 Å². The summed E-state index contributed by atoms with van der Waals surface area (Å²) >= 11 is 3.51. The smallest absolute Gasteiger partial charge is 0.203 e. The van der Waals surface area contributed by atoms with E-state index in [4.69, 9.17) is 5.73 Å². The number of aromatic nitrogens is 2. The molecule has 1 aliphatic rings. The zero-order chi connectivity index (χ0) is 9.97. The molecule has 14 heavy (non-hydrogen) atoms. The molecule has 1 saturated heterocycles. The van der Waals surface area contributed by atoms with Crippen molar-refractivity contribution in [1.29, 1.82) is 0 Å². The molecule has 2 N–H and O–H groups in total. The van der Waals surface area contributed by atoms with Crippen LogP contribution in [-0.2, 0) is 6.54 Å². The van der Waals surface area contributed by atoms with Crippen molar-refractivity contribution >= 4 is 28.2 Å². The topological polar surface area (TPSA) is 55.0 Å². The van der Waals surface area contributed by atoms with E-state index in [-0.39, 0.29) is 0 Å². The highest BCUT2D eigenvalue weighted by Gasteiger charge is 2.20. The van der Waals surface area contributed by atoms with Crippen molar-refractivity contribution in [2.24, 2.45) is 0 Å². The predicted molar refractivity (Wildman–Crippen MR) is 61.5 cm³/mol. The van der Waals surface area contributed by atoms with E-state index in [2.05, 4.69) is 22.1 Å². The van der Waals surface area contributed by atoms with Gasteiger partial charge in [-0.15, -0.1) is 10.2 Å². The summed E-state index contributed by atoms with van der Waals surface area (Å²) in [6.45, 7) is 0.875. The Kier molecular flexibility index (Phi) is 3.25. The summed E-state index contributed by atoms with van der Waals surface area (Å²) in [4.78, 5) is 2.35. The number of thioether (sulfide) groups is 1. The minimum atomic E-state index is 0.564. The van der Waals surface area contributed by atoms with E-state index in [0.717, 1.165) is 11.6 Å². The molecule has 1 aliphatic heterocycles. The van der Waals surface area contributed by atoms with Gasteiger partial charge in [-0.3, -0.25) is 4.90 Å². The van der Waals surface area contributed by atoms with E-state index in [0.29, 0.717) is 11.2 Å². The lowest BCUT2D eigenvalue weighted by Crippen LogP contribution is -2.30. The minimum Gasteiger partial charge on any atom is -0.374 e. The van der Waals surface area contributed by atoms with Crippen molar-refractivity contribution < 1.29 is 0 Å². The molecule has 1 aromatic rings. The van der Waals surface area contributed by atoms with Gasteiger partial charge in [0.2, 0.25) is 5.13 Å². The molecule has 1 fully saturated rings. The normalized spacial score (nSPS) is 22.0. The molecule has 0 aromatic carbocycles. The van der Waals surface area contributed by atoms with Crippen LogP contribution in [0.5, 0.6) is 0 Å². The van der Waals surface area contributed by atoms with Gasteiger partial charge in [-0.25, -0.2) is 0 Å². The molecule has 0 aliphatic carbocycles. The van der Waals surface area contributed by atoms with Gasteiger partial charge >= 0.3 is 0 Å². The van der Waals surface area contributed by atoms with Gasteiger partial charge in [0.05, 0.1) is 6.54 Å². The number of hydrogen-bond acceptors (Lipinski definition) is 6. The average Bonchev–Trinajstić information content (AvgIpc) is 2.75. The average molecular weight is 230 g/mol. The van der Waals surface area contributed by atoms with Crippen molar-refractivity contribution in [2.75, 3.05) is 24.3 Å². The number of anilines is 1. The van der Waals surface area contributed by atoms with E-state index in [1.807, 2.05) is 11.8 Å². The summed E-state index contributed by atoms with van der Waals surface area (Å²) in [6.07, 6.45) is 1.29. The highest BCUT2D eigenvalue weighted by atomic mass is 32.2. The molecule has 78 valence electrons. The van der Waals surface area contributed by atoms with Crippen LogP contribution in [0.2, 0.25) is 0 Å². The van der Waals surface area contributed by atoms with Gasteiger partial charge in [0.1, 0.15) is 5.01 Å². The molecule has 2 rings (SSSR count). The van der Waals surface area contributed by atoms with Crippen molar-refractivity contribution in [3.8, 4) is 0 Å². The highest BCUT2D eigenvalue weighted by Crippen LogP contribution is 2.23. The first-order chi connectivity index (χ1) is 6.75. The lowest BCUT2D eigenvalue weighted by atomic mass is 10.2. The fourth-order valence-electron chi connectivity index (χ4n) is 1.54. The van der Waals surface area contributed by atoms with Gasteiger partial charge in [-0.05, 0) is 19.2 Å². The van der Waals surface area contributed by atoms with Crippen molar-refractivity contribution in [1.82, 2.24) is 15.1 Å². The molecule has 0 bridgehead atoms. The molecule has 1 aromatic heterocycles. The Bertz CT molecular complexity index is 295. The molecule has 4 nitrogen and oxygen atoms in total. The van der Waals surface area contributed by atoms with Crippen molar-refractivity contribution in [2.45, 2.75) is 19.0 Å². The first-order valence-corrected chi connectivity index (χ1v) is 6.58. The Morgan fingerprint density at radius 2 is 2.43 bits per heavy atom. The molecule has 0 spiro atoms. The zero-order valence-corrected chi connectivity index (χ0v) is 9.77. The SMILES string of the molecule is CN(Cc1nnc(N)s1)C1CCSC1. The maximum atomic E-state index is 5.53. The number of nitrogen functional groups attached to an aromatic ring is 1. The standard InChI is InChI=1S/C8H14N4S2/c1-12(6-2-3-13-5-6)4-7-10-11-8(9)14-7/h6H,2-5H2,1H3,(H2,9,11). The first kappa shape index (κ1) is 10.2. The third-order valence-corrected chi connectivity index (χ3v) is 4.28. The van der Waals surface area contributed by atoms with Crippen LogP contribution < -0.4 is 5.73 Å². The lowest BCUT2D eigenvalue weighted by molar-refractivity contribution is 0.253. The Morgan fingerprint density at radius 1 is 1.57 bits per heavy atom. The number of nitrogens with two attached hydrogens (primary N) is 1. The second-order valence-electron chi connectivity index (χ2n) is 3.47.